The molecule has 6 nitrogen and oxygen atoms in total. The van der Waals surface area contributed by atoms with E-state index in [0.717, 1.165) is 0 Å². The molecule has 2 rings (SSSR count). The molecule has 1 amide bonds. The number of carbonyl (C=O) groups excluding carboxylic acids is 1. The number of carbonyl (C=O) groups is 1. The zero-order chi connectivity index (χ0) is 17.7. The summed E-state index contributed by atoms with van der Waals surface area (Å²) >= 11 is 5.98. The summed E-state index contributed by atoms with van der Waals surface area (Å²) in [7, 11) is 0. The van der Waals surface area contributed by atoms with Crippen molar-refractivity contribution in [2.45, 2.75) is 13.8 Å². The normalized spacial score (nSPS) is 12.1. The van der Waals surface area contributed by atoms with Gasteiger partial charge in [0.2, 0.25) is 0 Å². The Balaban J connectivity index is 2.25. The molecule has 0 unspecified atom stereocenters. The van der Waals surface area contributed by atoms with Gasteiger partial charge < -0.3 is 15.5 Å². The van der Waals surface area contributed by atoms with Gasteiger partial charge in [-0.15, -0.1) is 10.2 Å². The zero-order valence-electron chi connectivity index (χ0n) is 13.1. The summed E-state index contributed by atoms with van der Waals surface area (Å²) in [5.74, 6) is -1.05. The number of aromatic hydroxyl groups is 1. The SMILES string of the molecule is CC(O)=C(N=Nc1cc(Cl)c(C)cc1O)C(=O)Nc1ccccc1. The first-order valence-corrected chi connectivity index (χ1v) is 7.43. The number of phenols is 1. The second-order valence-electron chi connectivity index (χ2n) is 5.04. The van der Waals surface area contributed by atoms with Gasteiger partial charge in [-0.05, 0) is 43.7 Å². The van der Waals surface area contributed by atoms with Gasteiger partial charge in [0.15, 0.2) is 5.70 Å². The number of aliphatic hydroxyl groups is 1. The molecule has 0 spiro atoms. The van der Waals surface area contributed by atoms with E-state index in [1.165, 1.54) is 19.1 Å². The molecular formula is C17H16ClN3O3. The van der Waals surface area contributed by atoms with E-state index in [9.17, 15) is 15.0 Å². The quantitative estimate of drug-likeness (QED) is 0.419. The van der Waals surface area contributed by atoms with Crippen LogP contribution in [0.4, 0.5) is 11.4 Å². The average Bonchev–Trinajstić information content (AvgIpc) is 2.53. The Morgan fingerprint density at radius 3 is 2.50 bits per heavy atom. The molecule has 3 N–H and O–H groups in total. The summed E-state index contributed by atoms with van der Waals surface area (Å²) < 4.78 is 0. The second kappa shape index (κ2) is 7.61. The van der Waals surface area contributed by atoms with E-state index in [0.29, 0.717) is 16.3 Å². The fourth-order valence-electron chi connectivity index (χ4n) is 1.83. The molecule has 24 heavy (non-hydrogen) atoms. The minimum Gasteiger partial charge on any atom is -0.510 e. The highest BCUT2D eigenvalue weighted by atomic mass is 35.5. The monoisotopic (exact) mass is 345 g/mol. The number of halogens is 1. The van der Waals surface area contributed by atoms with Crippen LogP contribution in [0.25, 0.3) is 0 Å². The van der Waals surface area contributed by atoms with Crippen molar-refractivity contribution in [3.05, 3.63) is 64.5 Å². The van der Waals surface area contributed by atoms with Crippen molar-refractivity contribution in [1.82, 2.24) is 0 Å². The summed E-state index contributed by atoms with van der Waals surface area (Å²) in [6.07, 6.45) is 0. The van der Waals surface area contributed by atoms with Crippen LogP contribution >= 0.6 is 11.6 Å². The van der Waals surface area contributed by atoms with Crippen LogP contribution in [-0.4, -0.2) is 16.1 Å². The van der Waals surface area contributed by atoms with Crippen LogP contribution in [-0.2, 0) is 4.79 Å². The molecule has 2 aromatic carbocycles. The molecular weight excluding hydrogens is 330 g/mol. The van der Waals surface area contributed by atoms with Gasteiger partial charge in [-0.3, -0.25) is 4.79 Å². The molecule has 0 aromatic heterocycles. The van der Waals surface area contributed by atoms with Crippen molar-refractivity contribution in [3.8, 4) is 5.75 Å². The standard InChI is InChI=1S/C17H16ClN3O3/c1-10-8-15(23)14(9-13(10)18)20-21-16(11(2)22)17(24)19-12-6-4-3-5-7-12/h3-9,22-23H,1-2H3,(H,19,24). The minimum absolute atomic E-state index is 0.0943. The molecule has 0 aliphatic heterocycles. The van der Waals surface area contributed by atoms with Gasteiger partial charge in [-0.2, -0.15) is 0 Å². The molecule has 0 aliphatic rings. The molecule has 0 saturated carbocycles. The lowest BCUT2D eigenvalue weighted by Crippen LogP contribution is -2.14. The number of aryl methyl sites for hydroxylation is 1. The molecule has 124 valence electrons. The van der Waals surface area contributed by atoms with Crippen molar-refractivity contribution < 1.29 is 15.0 Å². The van der Waals surface area contributed by atoms with Crippen molar-refractivity contribution in [2.24, 2.45) is 10.2 Å². The Hall–Kier alpha value is -2.86. The second-order valence-corrected chi connectivity index (χ2v) is 5.45. The maximum absolute atomic E-state index is 12.2. The van der Waals surface area contributed by atoms with Crippen LogP contribution in [0.2, 0.25) is 5.02 Å². The van der Waals surface area contributed by atoms with E-state index in [4.69, 9.17) is 11.6 Å². The summed E-state index contributed by atoms with van der Waals surface area (Å²) in [5.41, 5.74) is 1.06. The summed E-state index contributed by atoms with van der Waals surface area (Å²) in [4.78, 5) is 12.2. The predicted octanol–water partition coefficient (Wildman–Crippen LogP) is 4.87. The number of para-hydroxylation sites is 1. The van der Waals surface area contributed by atoms with Gasteiger partial charge >= 0.3 is 0 Å². The van der Waals surface area contributed by atoms with E-state index < -0.39 is 5.91 Å². The van der Waals surface area contributed by atoms with Crippen molar-refractivity contribution in [2.75, 3.05) is 5.32 Å². The third kappa shape index (κ3) is 4.33. The number of amides is 1. The topological polar surface area (TPSA) is 94.3 Å². The lowest BCUT2D eigenvalue weighted by Gasteiger charge is -2.06. The predicted molar refractivity (Wildman–Crippen MR) is 92.8 cm³/mol. The molecule has 0 heterocycles. The molecule has 0 radical (unpaired) electrons. The number of rotatable bonds is 4. The van der Waals surface area contributed by atoms with Crippen molar-refractivity contribution in [3.63, 3.8) is 0 Å². The molecule has 0 aliphatic carbocycles. The van der Waals surface area contributed by atoms with Crippen molar-refractivity contribution in [1.29, 1.82) is 0 Å². The van der Waals surface area contributed by atoms with Gasteiger partial charge in [0.25, 0.3) is 5.91 Å². The molecule has 0 saturated heterocycles. The van der Waals surface area contributed by atoms with E-state index in [2.05, 4.69) is 15.5 Å². The van der Waals surface area contributed by atoms with Crippen LogP contribution in [0.1, 0.15) is 12.5 Å². The van der Waals surface area contributed by atoms with Crippen LogP contribution in [0.5, 0.6) is 5.75 Å². The maximum Gasteiger partial charge on any atom is 0.279 e. The summed E-state index contributed by atoms with van der Waals surface area (Å²) in [5, 5.41) is 30.1. The fraction of sp³-hybridized carbons (Fsp3) is 0.118. The number of anilines is 1. The molecule has 0 atom stereocenters. The Kier molecular flexibility index (Phi) is 5.55. The summed E-state index contributed by atoms with van der Waals surface area (Å²) in [6.45, 7) is 3.06. The number of azo groups is 1. The average molecular weight is 346 g/mol. The van der Waals surface area contributed by atoms with E-state index in [1.54, 1.807) is 31.2 Å². The molecule has 0 fully saturated rings. The lowest BCUT2D eigenvalue weighted by atomic mass is 10.2. The first kappa shape index (κ1) is 17.5. The first-order valence-electron chi connectivity index (χ1n) is 7.05. The highest BCUT2D eigenvalue weighted by Crippen LogP contribution is 2.32. The zero-order valence-corrected chi connectivity index (χ0v) is 13.9. The number of benzene rings is 2. The molecule has 7 heteroatoms. The van der Waals surface area contributed by atoms with Crippen LogP contribution in [0, 0.1) is 6.92 Å². The summed E-state index contributed by atoms with van der Waals surface area (Å²) in [6, 6.07) is 11.6. The Labute approximate surface area is 144 Å². The Morgan fingerprint density at radius 1 is 1.21 bits per heavy atom. The number of nitrogens with zero attached hydrogens (tertiary/aromatic N) is 2. The third-order valence-electron chi connectivity index (χ3n) is 3.10. The number of hydrogen-bond donors (Lipinski definition) is 3. The molecule has 2 aromatic rings. The number of allylic oxidation sites excluding steroid dienone is 1. The van der Waals surface area contributed by atoms with Gasteiger partial charge in [0.1, 0.15) is 17.2 Å². The van der Waals surface area contributed by atoms with Crippen LogP contribution < -0.4 is 5.32 Å². The minimum atomic E-state index is -0.623. The van der Waals surface area contributed by atoms with Crippen LogP contribution in [0.3, 0.4) is 0 Å². The van der Waals surface area contributed by atoms with Crippen LogP contribution in [0.15, 0.2) is 64.1 Å². The maximum atomic E-state index is 12.2. The van der Waals surface area contributed by atoms with Gasteiger partial charge in [-0.1, -0.05) is 29.8 Å². The number of hydrogen-bond acceptors (Lipinski definition) is 5. The number of aliphatic hydroxyl groups excluding tert-OH is 1. The van der Waals surface area contributed by atoms with Gasteiger partial charge in [0, 0.05) is 10.7 Å². The lowest BCUT2D eigenvalue weighted by molar-refractivity contribution is -0.113. The number of phenolic OH excluding ortho intramolecular Hbond substituents is 1. The van der Waals surface area contributed by atoms with E-state index >= 15 is 0 Å². The van der Waals surface area contributed by atoms with Gasteiger partial charge in [-0.25, -0.2) is 0 Å². The first-order chi connectivity index (χ1) is 11.4. The smallest absolute Gasteiger partial charge is 0.279 e. The van der Waals surface area contributed by atoms with Crippen molar-refractivity contribution >= 4 is 28.9 Å². The third-order valence-corrected chi connectivity index (χ3v) is 3.51. The Morgan fingerprint density at radius 2 is 1.88 bits per heavy atom. The van der Waals surface area contributed by atoms with E-state index in [-0.39, 0.29) is 22.9 Å². The van der Waals surface area contributed by atoms with E-state index in [1.807, 2.05) is 6.07 Å². The Bertz CT molecular complexity index is 813. The highest BCUT2D eigenvalue weighted by molar-refractivity contribution is 6.31. The largest absolute Gasteiger partial charge is 0.510 e. The number of nitrogens with one attached hydrogen (secondary N) is 1. The highest BCUT2D eigenvalue weighted by Gasteiger charge is 2.14. The van der Waals surface area contributed by atoms with Gasteiger partial charge in [0.05, 0.1) is 0 Å². The molecule has 0 bridgehead atoms. The fourth-order valence-corrected chi connectivity index (χ4v) is 1.99.